The van der Waals surface area contributed by atoms with E-state index in [4.69, 9.17) is 11.5 Å². The zero-order chi connectivity index (χ0) is 21.5. The molecule has 0 saturated carbocycles. The van der Waals surface area contributed by atoms with Gasteiger partial charge in [0, 0.05) is 16.9 Å². The van der Waals surface area contributed by atoms with Crippen molar-refractivity contribution in [2.24, 2.45) is 16.5 Å². The lowest BCUT2D eigenvalue weighted by atomic mass is 10.0. The molecule has 3 aromatic rings. The molecule has 1 aromatic heterocycles. The normalized spacial score (nSPS) is 11.8. The van der Waals surface area contributed by atoms with Crippen LogP contribution in [0.3, 0.4) is 0 Å². The van der Waals surface area contributed by atoms with Gasteiger partial charge in [-0.05, 0) is 54.5 Å². The number of allylic oxidation sites excluding steroid dienone is 1. The second-order valence-corrected chi connectivity index (χ2v) is 6.66. The molecular weight excluding hydrogens is 374 g/mol. The van der Waals surface area contributed by atoms with Crippen LogP contribution >= 0.6 is 0 Å². The number of pyridine rings is 1. The Labute approximate surface area is 175 Å². The van der Waals surface area contributed by atoms with E-state index >= 15 is 0 Å². The van der Waals surface area contributed by atoms with Gasteiger partial charge in [-0.15, -0.1) is 0 Å². The van der Waals surface area contributed by atoms with Crippen molar-refractivity contribution in [1.29, 1.82) is 0 Å². The van der Waals surface area contributed by atoms with Crippen molar-refractivity contribution in [2.45, 2.75) is 6.92 Å². The number of benzene rings is 2. The maximum Gasteiger partial charge on any atom is 0.247 e. The summed E-state index contributed by atoms with van der Waals surface area (Å²) in [5.41, 5.74) is 16.4. The van der Waals surface area contributed by atoms with E-state index in [1.165, 1.54) is 6.08 Å². The number of aliphatic imine (C=N–C) groups is 1. The number of hydrogen-bond donors (Lipinski definition) is 3. The molecule has 0 fully saturated rings. The SMILES string of the molecule is C=CC(=O)Nc1cccc(-c2cc(-c3ccccc3)cc(N=C(N)/C=C(/C)N)n2)c1. The molecule has 2 aromatic carbocycles. The number of rotatable bonds is 6. The summed E-state index contributed by atoms with van der Waals surface area (Å²) in [6, 6.07) is 21.2. The summed E-state index contributed by atoms with van der Waals surface area (Å²) in [6.45, 7) is 5.22. The van der Waals surface area contributed by atoms with Gasteiger partial charge in [0.15, 0.2) is 5.82 Å². The third-order valence-electron chi connectivity index (χ3n) is 4.15. The van der Waals surface area contributed by atoms with Crippen molar-refractivity contribution in [1.82, 2.24) is 4.98 Å². The summed E-state index contributed by atoms with van der Waals surface area (Å²) >= 11 is 0. The van der Waals surface area contributed by atoms with E-state index in [9.17, 15) is 4.79 Å². The van der Waals surface area contributed by atoms with Gasteiger partial charge >= 0.3 is 0 Å². The molecule has 0 unspecified atom stereocenters. The van der Waals surface area contributed by atoms with Gasteiger partial charge in [-0.1, -0.05) is 49.0 Å². The van der Waals surface area contributed by atoms with E-state index < -0.39 is 0 Å². The Morgan fingerprint density at radius 1 is 1.00 bits per heavy atom. The van der Waals surface area contributed by atoms with Crippen molar-refractivity contribution in [2.75, 3.05) is 5.32 Å². The molecule has 0 atom stereocenters. The summed E-state index contributed by atoms with van der Waals surface area (Å²) in [5, 5.41) is 2.76. The van der Waals surface area contributed by atoms with E-state index in [-0.39, 0.29) is 11.7 Å². The van der Waals surface area contributed by atoms with Crippen molar-refractivity contribution < 1.29 is 4.79 Å². The van der Waals surface area contributed by atoms with E-state index in [1.54, 1.807) is 19.1 Å². The highest BCUT2D eigenvalue weighted by atomic mass is 16.1. The van der Waals surface area contributed by atoms with E-state index in [1.807, 2.05) is 60.7 Å². The molecule has 1 heterocycles. The largest absolute Gasteiger partial charge is 0.402 e. The molecule has 0 aliphatic rings. The Balaban J connectivity index is 2.11. The van der Waals surface area contributed by atoms with E-state index in [0.29, 0.717) is 22.9 Å². The molecular formula is C24H23N5O. The van der Waals surface area contributed by atoms with Crippen molar-refractivity contribution in [3.63, 3.8) is 0 Å². The van der Waals surface area contributed by atoms with Crippen molar-refractivity contribution >= 4 is 23.2 Å². The molecule has 1 amide bonds. The average Bonchev–Trinajstić information content (AvgIpc) is 2.73. The summed E-state index contributed by atoms with van der Waals surface area (Å²) in [5.74, 6) is 0.452. The van der Waals surface area contributed by atoms with Gasteiger partial charge in [-0.3, -0.25) is 4.79 Å². The molecule has 0 spiro atoms. The minimum Gasteiger partial charge on any atom is -0.402 e. The number of amides is 1. The quantitative estimate of drug-likeness (QED) is 0.326. The van der Waals surface area contributed by atoms with Crippen LogP contribution in [0.15, 0.2) is 96.2 Å². The first-order chi connectivity index (χ1) is 14.4. The predicted octanol–water partition coefficient (Wildman–Crippen LogP) is 4.39. The lowest BCUT2D eigenvalue weighted by Crippen LogP contribution is -2.10. The minimum absolute atomic E-state index is 0.269. The van der Waals surface area contributed by atoms with Crippen LogP contribution in [-0.4, -0.2) is 16.7 Å². The van der Waals surface area contributed by atoms with Gasteiger partial charge < -0.3 is 16.8 Å². The minimum atomic E-state index is -0.278. The Morgan fingerprint density at radius 3 is 2.43 bits per heavy atom. The Hall–Kier alpha value is -4.19. The molecule has 0 saturated heterocycles. The molecule has 0 radical (unpaired) electrons. The number of hydrogen-bond acceptors (Lipinski definition) is 4. The highest BCUT2D eigenvalue weighted by Gasteiger charge is 2.08. The van der Waals surface area contributed by atoms with Gasteiger partial charge in [0.05, 0.1) is 5.69 Å². The summed E-state index contributed by atoms with van der Waals surface area (Å²) in [4.78, 5) is 20.7. The fourth-order valence-electron chi connectivity index (χ4n) is 2.87. The fraction of sp³-hybridized carbons (Fsp3) is 0.0417. The summed E-state index contributed by atoms with van der Waals surface area (Å²) in [7, 11) is 0. The monoisotopic (exact) mass is 397 g/mol. The standard InChI is InChI=1S/C24H23N5O/c1-3-24(30)27-20-11-7-10-18(13-20)21-14-19(17-8-5-4-6-9-17)15-23(28-21)29-22(26)12-16(2)25/h3-15H,1,25H2,2H3,(H,27,30)(H2,26,28,29)/b16-12-. The van der Waals surface area contributed by atoms with Gasteiger partial charge in [-0.25, -0.2) is 9.98 Å². The number of nitrogens with zero attached hydrogens (tertiary/aromatic N) is 2. The number of carbonyl (C=O) groups excluding carboxylic acids is 1. The van der Waals surface area contributed by atoms with Gasteiger partial charge in [0.25, 0.3) is 0 Å². The van der Waals surface area contributed by atoms with Crippen molar-refractivity contribution in [3.05, 3.63) is 91.2 Å². The maximum atomic E-state index is 11.6. The van der Waals surface area contributed by atoms with Crippen LogP contribution in [0.1, 0.15) is 6.92 Å². The second-order valence-electron chi connectivity index (χ2n) is 6.66. The lowest BCUT2D eigenvalue weighted by molar-refractivity contribution is -0.111. The number of aromatic nitrogens is 1. The lowest BCUT2D eigenvalue weighted by Gasteiger charge is -2.10. The van der Waals surface area contributed by atoms with Crippen LogP contribution in [0.5, 0.6) is 0 Å². The maximum absolute atomic E-state index is 11.6. The second kappa shape index (κ2) is 9.34. The van der Waals surface area contributed by atoms with Crippen molar-refractivity contribution in [3.8, 4) is 22.4 Å². The fourth-order valence-corrected chi connectivity index (χ4v) is 2.87. The Bertz CT molecular complexity index is 1130. The molecule has 6 nitrogen and oxygen atoms in total. The topological polar surface area (TPSA) is 106 Å². The van der Waals surface area contributed by atoms with Crippen LogP contribution < -0.4 is 16.8 Å². The highest BCUT2D eigenvalue weighted by Crippen LogP contribution is 2.30. The third kappa shape index (κ3) is 5.42. The first-order valence-corrected chi connectivity index (χ1v) is 9.34. The number of nitrogens with one attached hydrogen (secondary N) is 1. The number of anilines is 1. The highest BCUT2D eigenvalue weighted by molar-refractivity contribution is 5.99. The Kier molecular flexibility index (Phi) is 6.39. The first-order valence-electron chi connectivity index (χ1n) is 9.34. The predicted molar refractivity (Wildman–Crippen MR) is 123 cm³/mol. The summed E-state index contributed by atoms with van der Waals surface area (Å²) < 4.78 is 0. The molecule has 0 bridgehead atoms. The molecule has 6 heteroatoms. The molecule has 5 N–H and O–H groups in total. The zero-order valence-electron chi connectivity index (χ0n) is 16.7. The van der Waals surface area contributed by atoms with Gasteiger partial charge in [0.1, 0.15) is 5.84 Å². The molecule has 0 aliphatic heterocycles. The first kappa shape index (κ1) is 20.5. The smallest absolute Gasteiger partial charge is 0.247 e. The average molecular weight is 397 g/mol. The van der Waals surface area contributed by atoms with Gasteiger partial charge in [-0.2, -0.15) is 0 Å². The molecule has 3 rings (SSSR count). The van der Waals surface area contributed by atoms with E-state index in [0.717, 1.165) is 16.7 Å². The van der Waals surface area contributed by atoms with Crippen LogP contribution in [-0.2, 0) is 4.79 Å². The number of amidine groups is 1. The number of carbonyl (C=O) groups is 1. The molecule has 0 aliphatic carbocycles. The zero-order valence-corrected chi connectivity index (χ0v) is 16.7. The third-order valence-corrected chi connectivity index (χ3v) is 4.15. The van der Waals surface area contributed by atoms with Gasteiger partial charge in [0.2, 0.25) is 5.91 Å². The number of nitrogens with two attached hydrogens (primary N) is 2. The molecule has 30 heavy (non-hydrogen) atoms. The molecule has 150 valence electrons. The van der Waals surface area contributed by atoms with Crippen LogP contribution in [0.4, 0.5) is 11.5 Å². The van der Waals surface area contributed by atoms with Crippen LogP contribution in [0.2, 0.25) is 0 Å². The Morgan fingerprint density at radius 2 is 1.73 bits per heavy atom. The van der Waals surface area contributed by atoms with Crippen LogP contribution in [0, 0.1) is 0 Å². The summed E-state index contributed by atoms with van der Waals surface area (Å²) in [6.07, 6.45) is 2.81. The van der Waals surface area contributed by atoms with Crippen LogP contribution in [0.25, 0.3) is 22.4 Å². The van der Waals surface area contributed by atoms with E-state index in [2.05, 4.69) is 21.9 Å².